The Morgan fingerprint density at radius 2 is 1.67 bits per heavy atom. The molecule has 0 aromatic heterocycles. The zero-order valence-corrected chi connectivity index (χ0v) is 14.9. The third kappa shape index (κ3) is 6.24. The zero-order valence-electron chi connectivity index (χ0n) is 14.9. The van der Waals surface area contributed by atoms with E-state index in [0.717, 1.165) is 38.5 Å². The molecular formula is C17H20F3NO6. The molecule has 1 aromatic carbocycles. The number of amides is 1. The van der Waals surface area contributed by atoms with Crippen molar-refractivity contribution in [3.05, 3.63) is 35.4 Å². The van der Waals surface area contributed by atoms with Crippen molar-refractivity contribution in [3.63, 3.8) is 0 Å². The van der Waals surface area contributed by atoms with Crippen LogP contribution in [0.3, 0.4) is 0 Å². The van der Waals surface area contributed by atoms with E-state index in [1.165, 1.54) is 6.92 Å². The van der Waals surface area contributed by atoms with E-state index in [-0.39, 0.29) is 12.0 Å². The van der Waals surface area contributed by atoms with E-state index in [1.54, 1.807) is 0 Å². The lowest BCUT2D eigenvalue weighted by molar-refractivity contribution is -0.149. The summed E-state index contributed by atoms with van der Waals surface area (Å²) in [5, 5.41) is 12.3. The number of nitrogens with one attached hydrogen (secondary N) is 1. The second-order valence-electron chi connectivity index (χ2n) is 5.79. The maximum Gasteiger partial charge on any atom is 0.416 e. The standard InChI is InChI=1S/C17H20F3NO6/c1-9(8-12(22)26-2)13(16(25)27-3)21-15(24)14(23)10-4-6-11(7-5-10)17(18,19)20/h4-7,9,13-14,23H,8H2,1-3H3,(H,21,24)/t9-,13-,14+/m0/s1. The van der Waals surface area contributed by atoms with Gasteiger partial charge in [-0.05, 0) is 23.6 Å². The van der Waals surface area contributed by atoms with Gasteiger partial charge in [-0.3, -0.25) is 9.59 Å². The fraction of sp³-hybridized carbons (Fsp3) is 0.471. The molecule has 0 bridgehead atoms. The highest BCUT2D eigenvalue weighted by molar-refractivity contribution is 5.88. The minimum Gasteiger partial charge on any atom is -0.469 e. The third-order valence-electron chi connectivity index (χ3n) is 3.84. The first-order chi connectivity index (χ1) is 12.5. The number of ether oxygens (including phenoxy) is 2. The number of hydrogen-bond donors (Lipinski definition) is 2. The Kier molecular flexibility index (Phi) is 7.77. The second-order valence-corrected chi connectivity index (χ2v) is 5.79. The van der Waals surface area contributed by atoms with Gasteiger partial charge >= 0.3 is 18.1 Å². The van der Waals surface area contributed by atoms with Crippen molar-refractivity contribution in [2.45, 2.75) is 31.7 Å². The molecule has 3 atom stereocenters. The number of aliphatic hydroxyl groups is 1. The van der Waals surface area contributed by atoms with Crippen molar-refractivity contribution in [1.29, 1.82) is 0 Å². The van der Waals surface area contributed by atoms with Crippen LogP contribution in [-0.4, -0.2) is 43.2 Å². The molecule has 10 heteroatoms. The zero-order chi connectivity index (χ0) is 20.8. The monoisotopic (exact) mass is 391 g/mol. The number of aliphatic hydroxyl groups excluding tert-OH is 1. The van der Waals surface area contributed by atoms with Gasteiger partial charge in [-0.25, -0.2) is 4.79 Å². The Morgan fingerprint density at radius 3 is 2.11 bits per heavy atom. The van der Waals surface area contributed by atoms with Crippen LogP contribution in [0.1, 0.15) is 30.6 Å². The van der Waals surface area contributed by atoms with Gasteiger partial charge in [0.1, 0.15) is 6.04 Å². The number of esters is 2. The molecule has 150 valence electrons. The highest BCUT2D eigenvalue weighted by Crippen LogP contribution is 2.30. The van der Waals surface area contributed by atoms with Gasteiger partial charge in [0.25, 0.3) is 5.91 Å². The molecule has 0 unspecified atom stereocenters. The number of carbonyl (C=O) groups is 3. The Bertz CT molecular complexity index is 674. The highest BCUT2D eigenvalue weighted by Gasteiger charge is 2.33. The largest absolute Gasteiger partial charge is 0.469 e. The first kappa shape index (κ1) is 22.4. The summed E-state index contributed by atoms with van der Waals surface area (Å²) in [7, 11) is 2.24. The minimum absolute atomic E-state index is 0.0928. The quantitative estimate of drug-likeness (QED) is 0.685. The molecule has 1 aromatic rings. The lowest BCUT2D eigenvalue weighted by atomic mass is 9.97. The summed E-state index contributed by atoms with van der Waals surface area (Å²) in [6.07, 6.45) is -6.57. The number of benzene rings is 1. The van der Waals surface area contributed by atoms with Gasteiger partial charge in [0, 0.05) is 0 Å². The lowest BCUT2D eigenvalue weighted by Crippen LogP contribution is -2.48. The molecule has 0 aliphatic carbocycles. The summed E-state index contributed by atoms with van der Waals surface area (Å²) in [5.41, 5.74) is -1.03. The summed E-state index contributed by atoms with van der Waals surface area (Å²) >= 11 is 0. The van der Waals surface area contributed by atoms with E-state index in [4.69, 9.17) is 0 Å². The highest BCUT2D eigenvalue weighted by atomic mass is 19.4. The van der Waals surface area contributed by atoms with Crippen LogP contribution >= 0.6 is 0 Å². The summed E-state index contributed by atoms with van der Waals surface area (Å²) in [6.45, 7) is 1.49. The summed E-state index contributed by atoms with van der Waals surface area (Å²) in [4.78, 5) is 35.4. The average molecular weight is 391 g/mol. The summed E-state index contributed by atoms with van der Waals surface area (Å²) in [6, 6.07) is 2.11. The molecule has 0 saturated carbocycles. The molecular weight excluding hydrogens is 371 g/mol. The van der Waals surface area contributed by atoms with Crippen LogP contribution in [0.25, 0.3) is 0 Å². The summed E-state index contributed by atoms with van der Waals surface area (Å²) in [5.74, 6) is -3.20. The van der Waals surface area contributed by atoms with Gasteiger partial charge in [-0.2, -0.15) is 13.2 Å². The molecule has 7 nitrogen and oxygen atoms in total. The number of carbonyl (C=O) groups excluding carboxylic acids is 3. The van der Waals surface area contributed by atoms with E-state index in [2.05, 4.69) is 14.8 Å². The molecule has 1 amide bonds. The van der Waals surface area contributed by atoms with E-state index in [1.807, 2.05) is 0 Å². The molecule has 0 spiro atoms. The molecule has 0 saturated heterocycles. The Morgan fingerprint density at radius 1 is 1.11 bits per heavy atom. The van der Waals surface area contributed by atoms with Crippen LogP contribution in [0.15, 0.2) is 24.3 Å². The Balaban J connectivity index is 2.90. The number of alkyl halides is 3. The predicted octanol–water partition coefficient (Wildman–Crippen LogP) is 1.60. The first-order valence-corrected chi connectivity index (χ1v) is 7.81. The van der Waals surface area contributed by atoms with E-state index >= 15 is 0 Å². The normalized spacial score (nSPS) is 14.6. The maximum absolute atomic E-state index is 12.6. The predicted molar refractivity (Wildman–Crippen MR) is 86.1 cm³/mol. The molecule has 2 N–H and O–H groups in total. The third-order valence-corrected chi connectivity index (χ3v) is 3.84. The Labute approximate surface area is 153 Å². The van der Waals surface area contributed by atoms with Crippen LogP contribution in [0.2, 0.25) is 0 Å². The average Bonchev–Trinajstić information content (AvgIpc) is 2.63. The summed E-state index contributed by atoms with van der Waals surface area (Å²) < 4.78 is 46.8. The number of halogens is 3. The smallest absolute Gasteiger partial charge is 0.416 e. The van der Waals surface area contributed by atoms with Gasteiger partial charge in [0.05, 0.1) is 26.2 Å². The van der Waals surface area contributed by atoms with Crippen molar-refractivity contribution in [3.8, 4) is 0 Å². The van der Waals surface area contributed by atoms with Crippen LogP contribution in [0, 0.1) is 5.92 Å². The Hall–Kier alpha value is -2.62. The topological polar surface area (TPSA) is 102 Å². The molecule has 0 heterocycles. The van der Waals surface area contributed by atoms with Crippen molar-refractivity contribution in [1.82, 2.24) is 5.32 Å². The number of methoxy groups -OCH3 is 2. The van der Waals surface area contributed by atoms with Crippen molar-refractivity contribution >= 4 is 17.8 Å². The van der Waals surface area contributed by atoms with Gasteiger partial charge in [0.2, 0.25) is 0 Å². The van der Waals surface area contributed by atoms with Gasteiger partial charge in [0.15, 0.2) is 6.10 Å². The lowest BCUT2D eigenvalue weighted by Gasteiger charge is -2.23. The number of hydrogen-bond acceptors (Lipinski definition) is 6. The van der Waals surface area contributed by atoms with Crippen LogP contribution in [0.4, 0.5) is 13.2 Å². The van der Waals surface area contributed by atoms with Crippen LogP contribution < -0.4 is 5.32 Å². The molecule has 0 fully saturated rings. The van der Waals surface area contributed by atoms with E-state index in [9.17, 15) is 32.7 Å². The fourth-order valence-corrected chi connectivity index (χ4v) is 2.26. The van der Waals surface area contributed by atoms with Gasteiger partial charge in [-0.1, -0.05) is 19.1 Å². The minimum atomic E-state index is -4.55. The second kappa shape index (κ2) is 9.36. The van der Waals surface area contributed by atoms with Gasteiger partial charge in [-0.15, -0.1) is 0 Å². The number of rotatable bonds is 7. The van der Waals surface area contributed by atoms with Crippen molar-refractivity contribution in [2.24, 2.45) is 5.92 Å². The van der Waals surface area contributed by atoms with Crippen molar-refractivity contribution < 1.29 is 42.1 Å². The van der Waals surface area contributed by atoms with Crippen molar-refractivity contribution in [2.75, 3.05) is 14.2 Å². The molecule has 0 aliphatic rings. The first-order valence-electron chi connectivity index (χ1n) is 7.81. The van der Waals surface area contributed by atoms with Gasteiger partial charge < -0.3 is 19.9 Å². The van der Waals surface area contributed by atoms with E-state index < -0.39 is 47.6 Å². The SMILES string of the molecule is COC(=O)C[C@H](C)[C@H](NC(=O)[C@H](O)c1ccc(C(F)(F)F)cc1)C(=O)OC. The maximum atomic E-state index is 12.6. The van der Waals surface area contributed by atoms with E-state index in [0.29, 0.717) is 0 Å². The van der Waals surface area contributed by atoms with Crippen LogP contribution in [-0.2, 0) is 30.0 Å². The fourth-order valence-electron chi connectivity index (χ4n) is 2.26. The molecule has 27 heavy (non-hydrogen) atoms. The van der Waals surface area contributed by atoms with Crippen LogP contribution in [0.5, 0.6) is 0 Å². The molecule has 0 radical (unpaired) electrons. The molecule has 1 rings (SSSR count). The molecule has 0 aliphatic heterocycles.